The third kappa shape index (κ3) is 3.39. The smallest absolute Gasteiger partial charge is 0.211 e. The molecule has 9 heteroatoms. The number of rotatable bonds is 5. The van der Waals surface area contributed by atoms with Crippen LogP contribution in [0.3, 0.4) is 0 Å². The van der Waals surface area contributed by atoms with Crippen molar-refractivity contribution in [3.8, 4) is 0 Å². The Bertz CT molecular complexity index is 734. The quantitative estimate of drug-likeness (QED) is 0.869. The number of anilines is 1. The van der Waals surface area contributed by atoms with Crippen LogP contribution in [0.2, 0.25) is 4.34 Å². The molecule has 114 valence electrons. The molecule has 2 N–H and O–H groups in total. The molecule has 0 aromatic carbocycles. The molecular weight excluding hydrogens is 332 g/mol. The lowest BCUT2D eigenvalue weighted by atomic mass is 10.00. The highest BCUT2D eigenvalue weighted by Gasteiger charge is 2.35. The van der Waals surface area contributed by atoms with E-state index in [4.69, 9.17) is 11.6 Å². The summed E-state index contributed by atoms with van der Waals surface area (Å²) < 4.78 is 24.9. The monoisotopic (exact) mass is 346 g/mol. The molecule has 2 aromatic heterocycles. The first-order valence-electron chi connectivity index (χ1n) is 6.40. The van der Waals surface area contributed by atoms with Gasteiger partial charge in [0.15, 0.2) is 0 Å². The molecule has 0 aliphatic carbocycles. The summed E-state index contributed by atoms with van der Waals surface area (Å²) in [5.74, 6) is 0.950. The molecular formula is C12H15ClN4O2S2. The van der Waals surface area contributed by atoms with Crippen molar-refractivity contribution >= 4 is 38.8 Å². The van der Waals surface area contributed by atoms with Gasteiger partial charge in [0.1, 0.15) is 5.82 Å². The summed E-state index contributed by atoms with van der Waals surface area (Å²) in [4.78, 5) is 1.14. The molecule has 0 unspecified atom stereocenters. The van der Waals surface area contributed by atoms with E-state index in [1.54, 1.807) is 0 Å². The van der Waals surface area contributed by atoms with Crippen molar-refractivity contribution < 1.29 is 8.42 Å². The number of aromatic nitrogens is 2. The van der Waals surface area contributed by atoms with Crippen LogP contribution in [-0.2, 0) is 16.6 Å². The molecule has 3 rings (SSSR count). The highest BCUT2D eigenvalue weighted by atomic mass is 35.5. The minimum Gasteiger partial charge on any atom is -0.364 e. The maximum absolute atomic E-state index is 11.3. The van der Waals surface area contributed by atoms with Crippen molar-refractivity contribution in [2.24, 2.45) is 0 Å². The zero-order chi connectivity index (χ0) is 15.0. The van der Waals surface area contributed by atoms with Gasteiger partial charge in [-0.2, -0.15) is 5.10 Å². The van der Waals surface area contributed by atoms with Crippen LogP contribution < -0.4 is 5.32 Å². The largest absolute Gasteiger partial charge is 0.364 e. The molecule has 3 heterocycles. The molecule has 0 amide bonds. The number of sulfonamides is 1. The molecule has 21 heavy (non-hydrogen) atoms. The molecule has 6 nitrogen and oxygen atoms in total. The summed E-state index contributed by atoms with van der Waals surface area (Å²) in [6.45, 7) is 1.70. The van der Waals surface area contributed by atoms with Crippen molar-refractivity contribution in [2.75, 3.05) is 24.7 Å². The van der Waals surface area contributed by atoms with E-state index >= 15 is 0 Å². The molecule has 0 atom stereocenters. The van der Waals surface area contributed by atoms with E-state index in [0.717, 1.165) is 20.7 Å². The van der Waals surface area contributed by atoms with Crippen molar-refractivity contribution in [1.29, 1.82) is 0 Å². The predicted octanol–water partition coefficient (Wildman–Crippen LogP) is 2.10. The second-order valence-corrected chi connectivity index (χ2v) is 8.83. The lowest BCUT2D eigenvalue weighted by Crippen LogP contribution is -2.47. The number of H-pyrrole nitrogens is 1. The van der Waals surface area contributed by atoms with Crippen LogP contribution in [0.15, 0.2) is 18.2 Å². The van der Waals surface area contributed by atoms with Gasteiger partial charge in [0, 0.05) is 35.6 Å². The summed E-state index contributed by atoms with van der Waals surface area (Å²) in [6, 6.07) is 5.77. The number of aromatic amines is 1. The average molecular weight is 347 g/mol. The van der Waals surface area contributed by atoms with E-state index in [0.29, 0.717) is 19.6 Å². The molecule has 1 aliphatic heterocycles. The maximum Gasteiger partial charge on any atom is 0.211 e. The molecule has 1 fully saturated rings. The Morgan fingerprint density at radius 3 is 2.90 bits per heavy atom. The van der Waals surface area contributed by atoms with Crippen LogP contribution in [0.1, 0.15) is 16.5 Å². The van der Waals surface area contributed by atoms with E-state index < -0.39 is 10.0 Å². The van der Waals surface area contributed by atoms with E-state index in [-0.39, 0.29) is 5.92 Å². The maximum atomic E-state index is 11.3. The zero-order valence-electron chi connectivity index (χ0n) is 11.3. The molecule has 0 radical (unpaired) electrons. The van der Waals surface area contributed by atoms with Crippen LogP contribution in [0.5, 0.6) is 0 Å². The van der Waals surface area contributed by atoms with Gasteiger partial charge in [-0.3, -0.25) is 5.10 Å². The molecule has 0 saturated carbocycles. The molecule has 0 spiro atoms. The van der Waals surface area contributed by atoms with Crippen LogP contribution in [0.4, 0.5) is 5.82 Å². The number of hydrogen-bond acceptors (Lipinski definition) is 5. The Kier molecular flexibility index (Phi) is 3.96. The molecule has 1 saturated heterocycles. The minimum absolute atomic E-state index is 0.193. The first-order chi connectivity index (χ1) is 9.91. The molecule has 0 bridgehead atoms. The lowest BCUT2D eigenvalue weighted by molar-refractivity contribution is 0.262. The van der Waals surface area contributed by atoms with Gasteiger partial charge in [0.2, 0.25) is 10.0 Å². The van der Waals surface area contributed by atoms with Crippen molar-refractivity contribution in [3.63, 3.8) is 0 Å². The Hall–Kier alpha value is -1.09. The summed E-state index contributed by atoms with van der Waals surface area (Å²) in [5, 5.41) is 10.4. The topological polar surface area (TPSA) is 78.1 Å². The third-order valence-electron chi connectivity index (χ3n) is 3.43. The van der Waals surface area contributed by atoms with Crippen LogP contribution in [0.25, 0.3) is 0 Å². The lowest BCUT2D eigenvalue weighted by Gasteiger charge is -2.36. The Balaban J connectivity index is 1.55. The van der Waals surface area contributed by atoms with E-state index in [9.17, 15) is 8.42 Å². The van der Waals surface area contributed by atoms with Gasteiger partial charge in [-0.05, 0) is 12.1 Å². The van der Waals surface area contributed by atoms with Gasteiger partial charge in [0.05, 0.1) is 17.1 Å². The SMILES string of the molecule is CS(=O)(=O)N1CC(c2cc(NCc3ccc(Cl)s3)n[nH]2)C1. The van der Waals surface area contributed by atoms with E-state index in [2.05, 4.69) is 15.5 Å². The summed E-state index contributed by atoms with van der Waals surface area (Å²) in [6.07, 6.45) is 1.23. The summed E-state index contributed by atoms with van der Waals surface area (Å²) >= 11 is 7.41. The normalized spacial score (nSPS) is 16.9. The van der Waals surface area contributed by atoms with Gasteiger partial charge in [-0.25, -0.2) is 12.7 Å². The Morgan fingerprint density at radius 2 is 2.29 bits per heavy atom. The number of hydrogen-bond donors (Lipinski definition) is 2. The highest BCUT2D eigenvalue weighted by molar-refractivity contribution is 7.88. The summed E-state index contributed by atoms with van der Waals surface area (Å²) in [7, 11) is -3.07. The van der Waals surface area contributed by atoms with E-state index in [1.807, 2.05) is 18.2 Å². The molecule has 1 aliphatic rings. The van der Waals surface area contributed by atoms with Crippen LogP contribution >= 0.6 is 22.9 Å². The van der Waals surface area contributed by atoms with Gasteiger partial charge < -0.3 is 5.32 Å². The Labute approximate surface area is 132 Å². The van der Waals surface area contributed by atoms with Gasteiger partial charge >= 0.3 is 0 Å². The van der Waals surface area contributed by atoms with Crippen molar-refractivity contribution in [3.05, 3.63) is 33.1 Å². The fraction of sp³-hybridized carbons (Fsp3) is 0.417. The minimum atomic E-state index is -3.07. The highest BCUT2D eigenvalue weighted by Crippen LogP contribution is 2.29. The number of thiophene rings is 1. The third-order valence-corrected chi connectivity index (χ3v) is 5.89. The van der Waals surface area contributed by atoms with Crippen molar-refractivity contribution in [1.82, 2.24) is 14.5 Å². The Morgan fingerprint density at radius 1 is 1.52 bits per heavy atom. The van der Waals surface area contributed by atoms with Gasteiger partial charge in [0.25, 0.3) is 0 Å². The van der Waals surface area contributed by atoms with Gasteiger partial charge in [-0.1, -0.05) is 11.6 Å². The second-order valence-electron chi connectivity index (χ2n) is 5.04. The predicted molar refractivity (Wildman–Crippen MR) is 84.4 cm³/mol. The second kappa shape index (κ2) is 5.60. The van der Waals surface area contributed by atoms with Crippen molar-refractivity contribution in [2.45, 2.75) is 12.5 Å². The fourth-order valence-electron chi connectivity index (χ4n) is 2.17. The number of nitrogens with zero attached hydrogens (tertiary/aromatic N) is 2. The summed E-state index contributed by atoms with van der Waals surface area (Å²) in [5.41, 5.74) is 0.960. The van der Waals surface area contributed by atoms with Gasteiger partial charge in [-0.15, -0.1) is 11.3 Å². The van der Waals surface area contributed by atoms with Crippen LogP contribution in [-0.4, -0.2) is 42.3 Å². The first kappa shape index (κ1) is 14.8. The molecule has 2 aromatic rings. The zero-order valence-corrected chi connectivity index (χ0v) is 13.7. The first-order valence-corrected chi connectivity index (χ1v) is 9.44. The number of nitrogens with one attached hydrogen (secondary N) is 2. The average Bonchev–Trinajstić information content (AvgIpc) is 2.92. The van der Waals surface area contributed by atoms with E-state index in [1.165, 1.54) is 21.9 Å². The standard InChI is InChI=1S/C12H15ClN4O2S2/c1-21(18,19)17-6-8(7-17)10-4-12(16-15-10)14-5-9-2-3-11(13)20-9/h2-4,8H,5-7H2,1H3,(H2,14,15,16). The number of halogens is 1. The fourth-order valence-corrected chi connectivity index (χ4v) is 4.10. The van der Waals surface area contributed by atoms with Crippen LogP contribution in [0, 0.1) is 0 Å².